The molecule has 0 fully saturated rings. The Labute approximate surface area is 222 Å². The van der Waals surface area contributed by atoms with Crippen LogP contribution in [0.4, 0.5) is 0 Å². The Morgan fingerprint density at radius 1 is 0.946 bits per heavy atom. The first-order valence-electron chi connectivity index (χ1n) is 12.9. The monoisotopic (exact) mass is 512 g/mol. The number of hydrogen-bond acceptors (Lipinski definition) is 6. The number of carbonyl (C=O) groups is 2. The molecule has 0 aromatic heterocycles. The van der Waals surface area contributed by atoms with Crippen molar-refractivity contribution in [3.8, 4) is 11.5 Å². The normalized spacial score (nSPS) is 12.5. The van der Waals surface area contributed by atoms with Crippen molar-refractivity contribution in [1.29, 1.82) is 0 Å². The summed E-state index contributed by atoms with van der Waals surface area (Å²) in [6.45, 7) is 13.5. The van der Waals surface area contributed by atoms with Crippen LogP contribution in [0.15, 0.2) is 42.5 Å². The second kappa shape index (κ2) is 13.5. The summed E-state index contributed by atoms with van der Waals surface area (Å²) in [5.41, 5.74) is 8.20. The van der Waals surface area contributed by atoms with E-state index in [1.165, 1.54) is 5.56 Å². The van der Waals surface area contributed by atoms with Gasteiger partial charge in [-0.2, -0.15) is 0 Å². The summed E-state index contributed by atoms with van der Waals surface area (Å²) in [6, 6.07) is 13.9. The third-order valence-corrected chi connectivity index (χ3v) is 5.96. The van der Waals surface area contributed by atoms with Gasteiger partial charge in [-0.3, -0.25) is 9.59 Å². The number of rotatable bonds is 12. The summed E-state index contributed by atoms with van der Waals surface area (Å²) < 4.78 is 16.6. The lowest BCUT2D eigenvalue weighted by Crippen LogP contribution is -2.35. The molecule has 1 atom stereocenters. The molecule has 0 aliphatic rings. The molecule has 1 unspecified atom stereocenters. The SMILES string of the molecule is COc1cc(CC(=O)NCC(COC(=O)C(C)(C)C)Cc2ccc(C(C)(C)C)cc2)ccc1OCCN. The molecule has 0 aliphatic carbocycles. The lowest BCUT2D eigenvalue weighted by Gasteiger charge is -2.23. The summed E-state index contributed by atoms with van der Waals surface area (Å²) in [7, 11) is 1.56. The average Bonchev–Trinajstić information content (AvgIpc) is 2.83. The Kier molecular flexibility index (Phi) is 11.0. The van der Waals surface area contributed by atoms with Crippen molar-refractivity contribution < 1.29 is 23.8 Å². The third-order valence-electron chi connectivity index (χ3n) is 5.96. The van der Waals surface area contributed by atoms with E-state index in [1.807, 2.05) is 26.8 Å². The van der Waals surface area contributed by atoms with Gasteiger partial charge >= 0.3 is 5.97 Å². The summed E-state index contributed by atoms with van der Waals surface area (Å²) in [5, 5.41) is 3.02. The lowest BCUT2D eigenvalue weighted by atomic mass is 9.86. The van der Waals surface area contributed by atoms with E-state index in [9.17, 15) is 9.59 Å². The molecule has 0 spiro atoms. The molecule has 7 heteroatoms. The highest BCUT2D eigenvalue weighted by Crippen LogP contribution is 2.28. The molecule has 0 bridgehead atoms. The van der Waals surface area contributed by atoms with Gasteiger partial charge in [0.15, 0.2) is 11.5 Å². The maximum atomic E-state index is 12.8. The smallest absolute Gasteiger partial charge is 0.311 e. The van der Waals surface area contributed by atoms with Crippen LogP contribution in [-0.2, 0) is 32.6 Å². The van der Waals surface area contributed by atoms with Gasteiger partial charge in [0.2, 0.25) is 5.91 Å². The fraction of sp³-hybridized carbons (Fsp3) is 0.533. The Bertz CT molecular complexity index is 1020. The zero-order valence-electron chi connectivity index (χ0n) is 23.5. The van der Waals surface area contributed by atoms with Crippen molar-refractivity contribution in [1.82, 2.24) is 5.32 Å². The highest BCUT2D eigenvalue weighted by molar-refractivity contribution is 5.79. The second-order valence-electron chi connectivity index (χ2n) is 11.5. The molecule has 7 nitrogen and oxygen atoms in total. The van der Waals surface area contributed by atoms with Gasteiger partial charge in [0, 0.05) is 19.0 Å². The molecule has 3 N–H and O–H groups in total. The van der Waals surface area contributed by atoms with Crippen molar-refractivity contribution in [3.63, 3.8) is 0 Å². The number of hydrogen-bond donors (Lipinski definition) is 2. The minimum Gasteiger partial charge on any atom is -0.493 e. The first-order valence-corrected chi connectivity index (χ1v) is 12.9. The van der Waals surface area contributed by atoms with Crippen molar-refractivity contribution in [2.24, 2.45) is 17.1 Å². The van der Waals surface area contributed by atoms with Crippen LogP contribution < -0.4 is 20.5 Å². The average molecular weight is 513 g/mol. The molecule has 0 aliphatic heterocycles. The molecule has 2 aromatic rings. The number of esters is 1. The molecule has 0 saturated heterocycles. The lowest BCUT2D eigenvalue weighted by molar-refractivity contribution is -0.154. The number of ether oxygens (including phenoxy) is 3. The first-order chi connectivity index (χ1) is 17.3. The van der Waals surface area contributed by atoms with Crippen molar-refractivity contribution in [3.05, 3.63) is 59.2 Å². The minimum absolute atomic E-state index is 0.0580. The Hall–Kier alpha value is -3.06. The molecule has 37 heavy (non-hydrogen) atoms. The van der Waals surface area contributed by atoms with Crippen molar-refractivity contribution in [2.75, 3.05) is 33.4 Å². The van der Waals surface area contributed by atoms with Crippen molar-refractivity contribution >= 4 is 11.9 Å². The topological polar surface area (TPSA) is 99.9 Å². The highest BCUT2D eigenvalue weighted by Gasteiger charge is 2.25. The van der Waals surface area contributed by atoms with Crippen LogP contribution in [0.5, 0.6) is 11.5 Å². The maximum absolute atomic E-state index is 12.8. The number of carbonyl (C=O) groups excluding carboxylic acids is 2. The predicted octanol–water partition coefficient (Wildman–Crippen LogP) is 4.44. The minimum atomic E-state index is -0.582. The molecular weight excluding hydrogens is 468 g/mol. The summed E-state index contributed by atoms with van der Waals surface area (Å²) in [4.78, 5) is 25.1. The van der Waals surface area contributed by atoms with E-state index < -0.39 is 5.41 Å². The molecule has 0 radical (unpaired) electrons. The van der Waals surface area contributed by atoms with Crippen LogP contribution in [0.25, 0.3) is 0 Å². The number of benzene rings is 2. The second-order valence-corrected chi connectivity index (χ2v) is 11.5. The van der Waals surface area contributed by atoms with E-state index >= 15 is 0 Å². The van der Waals surface area contributed by atoms with Crippen LogP contribution in [0, 0.1) is 11.3 Å². The van der Waals surface area contributed by atoms with Gasteiger partial charge in [-0.15, -0.1) is 0 Å². The van der Waals surface area contributed by atoms with Crippen LogP contribution in [0.3, 0.4) is 0 Å². The maximum Gasteiger partial charge on any atom is 0.311 e. The molecule has 0 saturated carbocycles. The van der Waals surface area contributed by atoms with E-state index in [2.05, 4.69) is 50.4 Å². The van der Waals surface area contributed by atoms with Gasteiger partial charge in [-0.05, 0) is 61.4 Å². The van der Waals surface area contributed by atoms with Crippen LogP contribution in [0.2, 0.25) is 0 Å². The summed E-state index contributed by atoms with van der Waals surface area (Å²) in [6.07, 6.45) is 0.880. The molecule has 1 amide bonds. The Morgan fingerprint density at radius 2 is 1.59 bits per heavy atom. The first kappa shape index (κ1) is 30.2. The van der Waals surface area contributed by atoms with E-state index in [0.717, 1.165) is 11.1 Å². The van der Waals surface area contributed by atoms with Gasteiger partial charge < -0.3 is 25.3 Å². The van der Waals surface area contributed by atoms with E-state index in [0.29, 0.717) is 37.6 Å². The fourth-order valence-corrected chi connectivity index (χ4v) is 3.69. The third kappa shape index (κ3) is 10.1. The fourth-order valence-electron chi connectivity index (χ4n) is 3.69. The van der Waals surface area contributed by atoms with Gasteiger partial charge in [0.1, 0.15) is 6.61 Å². The number of methoxy groups -OCH3 is 1. The number of amides is 1. The van der Waals surface area contributed by atoms with Gasteiger partial charge in [0.05, 0.1) is 25.6 Å². The largest absolute Gasteiger partial charge is 0.493 e. The van der Waals surface area contributed by atoms with Crippen LogP contribution in [0.1, 0.15) is 58.2 Å². The predicted molar refractivity (Wildman–Crippen MR) is 147 cm³/mol. The van der Waals surface area contributed by atoms with Gasteiger partial charge in [-0.1, -0.05) is 51.1 Å². The van der Waals surface area contributed by atoms with Crippen LogP contribution >= 0.6 is 0 Å². The van der Waals surface area contributed by atoms with Gasteiger partial charge in [-0.25, -0.2) is 0 Å². The van der Waals surface area contributed by atoms with Crippen LogP contribution in [-0.4, -0.2) is 45.3 Å². The molecule has 2 aromatic carbocycles. The zero-order valence-corrected chi connectivity index (χ0v) is 23.5. The quantitative estimate of drug-likeness (QED) is 0.408. The summed E-state index contributed by atoms with van der Waals surface area (Å²) in [5.74, 6) is 0.723. The molecule has 2 rings (SSSR count). The standard InChI is InChI=1S/C30H44N2O5/c1-29(2,3)24-11-8-21(9-12-24)16-23(20-37-28(34)30(4,5)6)19-32-27(33)18-22-10-13-25(36-15-14-31)26(17-22)35-7/h8-13,17,23H,14-16,18-20,31H2,1-7H3,(H,32,33). The molecule has 204 valence electrons. The molecule has 0 heterocycles. The van der Waals surface area contributed by atoms with E-state index in [-0.39, 0.29) is 36.2 Å². The van der Waals surface area contributed by atoms with Crippen molar-refractivity contribution in [2.45, 2.75) is 59.8 Å². The highest BCUT2D eigenvalue weighted by atomic mass is 16.5. The Balaban J connectivity index is 2.05. The van der Waals surface area contributed by atoms with Gasteiger partial charge in [0.25, 0.3) is 0 Å². The number of nitrogens with one attached hydrogen (secondary N) is 1. The van der Waals surface area contributed by atoms with E-state index in [4.69, 9.17) is 19.9 Å². The summed E-state index contributed by atoms with van der Waals surface area (Å²) >= 11 is 0. The molecular formula is C30H44N2O5. The van der Waals surface area contributed by atoms with E-state index in [1.54, 1.807) is 19.2 Å². The Morgan fingerprint density at radius 3 is 2.16 bits per heavy atom. The number of nitrogens with two attached hydrogens (primary N) is 1. The zero-order chi connectivity index (χ0) is 27.6.